The maximum absolute atomic E-state index is 11.1. The Balaban J connectivity index is 2.42. The Morgan fingerprint density at radius 3 is 2.46 bits per heavy atom. The first kappa shape index (κ1) is 20.6. The van der Waals surface area contributed by atoms with Crippen molar-refractivity contribution in [2.24, 2.45) is 0 Å². The van der Waals surface area contributed by atoms with Crippen LogP contribution in [-0.2, 0) is 25.3 Å². The minimum Gasteiger partial charge on any atom is -0.390 e. The van der Waals surface area contributed by atoms with Crippen molar-refractivity contribution in [2.75, 3.05) is 19.8 Å². The van der Waals surface area contributed by atoms with Crippen LogP contribution in [0.2, 0.25) is 0 Å². The van der Waals surface area contributed by atoms with Gasteiger partial charge in [0.05, 0.1) is 19.8 Å². The summed E-state index contributed by atoms with van der Waals surface area (Å²) in [7, 11) is -0.620. The molecule has 0 heterocycles. The van der Waals surface area contributed by atoms with E-state index in [9.17, 15) is 24.7 Å². The standard InChI is InChI=1S/C15H23NO7P/c1-22-24(21)8-7-13(18)15(20)14(19)9-16(11-17)23-10-12-5-3-2-4-6-12/h2-6,11,13-15,18-20H,7-10H2,1H3/q+1/t13-,14+,15-/m1/s1. The van der Waals surface area contributed by atoms with Crippen molar-refractivity contribution in [1.82, 2.24) is 5.06 Å². The van der Waals surface area contributed by atoms with Gasteiger partial charge >= 0.3 is 8.03 Å². The molecule has 1 rings (SSSR count). The highest BCUT2D eigenvalue weighted by molar-refractivity contribution is 7.39. The number of carbonyl (C=O) groups is 1. The summed E-state index contributed by atoms with van der Waals surface area (Å²) in [6, 6.07) is 9.12. The maximum atomic E-state index is 11.1. The van der Waals surface area contributed by atoms with Crippen LogP contribution in [0.25, 0.3) is 0 Å². The summed E-state index contributed by atoms with van der Waals surface area (Å²) < 4.78 is 15.7. The van der Waals surface area contributed by atoms with Gasteiger partial charge in [-0.3, -0.25) is 9.63 Å². The minimum absolute atomic E-state index is 0.00671. The molecule has 0 aliphatic carbocycles. The topological polar surface area (TPSA) is 117 Å². The molecule has 4 atom stereocenters. The Hall–Kier alpha value is -1.41. The average Bonchev–Trinajstić information content (AvgIpc) is 2.62. The second kappa shape index (κ2) is 11.2. The summed E-state index contributed by atoms with van der Waals surface area (Å²) in [6.07, 6.45) is -3.79. The van der Waals surface area contributed by atoms with Crippen LogP contribution in [0.5, 0.6) is 0 Å². The number of nitrogens with zero attached hydrogens (tertiary/aromatic N) is 1. The second-order valence-corrected chi connectivity index (χ2v) is 6.59. The summed E-state index contributed by atoms with van der Waals surface area (Å²) in [5, 5.41) is 30.4. The van der Waals surface area contributed by atoms with Gasteiger partial charge in [0.2, 0.25) is 6.41 Å². The largest absolute Gasteiger partial charge is 0.507 e. The number of hydrogen-bond acceptors (Lipinski definition) is 7. The number of carbonyl (C=O) groups excluding carboxylic acids is 1. The number of aliphatic hydroxyl groups excluding tert-OH is 3. The lowest BCUT2D eigenvalue weighted by molar-refractivity contribution is -0.192. The van der Waals surface area contributed by atoms with E-state index in [0.29, 0.717) is 6.41 Å². The molecule has 1 amide bonds. The molecule has 9 heteroatoms. The molecule has 0 radical (unpaired) electrons. The first-order valence-corrected chi connectivity index (χ1v) is 8.76. The first-order chi connectivity index (χ1) is 11.5. The van der Waals surface area contributed by atoms with Crippen LogP contribution in [-0.4, -0.2) is 64.9 Å². The van der Waals surface area contributed by atoms with E-state index in [0.717, 1.165) is 10.6 Å². The lowest BCUT2D eigenvalue weighted by Gasteiger charge is -2.25. The van der Waals surface area contributed by atoms with Crippen molar-refractivity contribution in [3.05, 3.63) is 35.9 Å². The maximum Gasteiger partial charge on any atom is 0.507 e. The van der Waals surface area contributed by atoms with E-state index in [2.05, 4.69) is 4.52 Å². The van der Waals surface area contributed by atoms with Crippen LogP contribution in [0.4, 0.5) is 0 Å². The van der Waals surface area contributed by atoms with Crippen LogP contribution in [0.1, 0.15) is 12.0 Å². The Labute approximate surface area is 141 Å². The number of hydrogen-bond donors (Lipinski definition) is 3. The monoisotopic (exact) mass is 360 g/mol. The van der Waals surface area contributed by atoms with E-state index in [1.165, 1.54) is 7.11 Å². The predicted molar refractivity (Wildman–Crippen MR) is 86.1 cm³/mol. The Morgan fingerprint density at radius 1 is 1.21 bits per heavy atom. The molecular weight excluding hydrogens is 337 g/mol. The molecule has 0 bridgehead atoms. The van der Waals surface area contributed by atoms with Crippen molar-refractivity contribution < 1.29 is 34.0 Å². The molecule has 1 unspecified atom stereocenters. The fraction of sp³-hybridized carbons (Fsp3) is 0.533. The van der Waals surface area contributed by atoms with Gasteiger partial charge in [-0.2, -0.15) is 0 Å². The van der Waals surface area contributed by atoms with Gasteiger partial charge in [-0.25, -0.2) is 5.06 Å². The zero-order chi connectivity index (χ0) is 17.9. The minimum atomic E-state index is -1.90. The molecule has 0 fully saturated rings. The van der Waals surface area contributed by atoms with Crippen molar-refractivity contribution in [2.45, 2.75) is 31.3 Å². The predicted octanol–water partition coefficient (Wildman–Crippen LogP) is 0.438. The fourth-order valence-electron chi connectivity index (χ4n) is 1.91. The number of amides is 1. The average molecular weight is 360 g/mol. The molecule has 0 saturated heterocycles. The smallest absolute Gasteiger partial charge is 0.390 e. The molecule has 3 N–H and O–H groups in total. The highest BCUT2D eigenvalue weighted by Gasteiger charge is 2.29. The van der Waals surface area contributed by atoms with Crippen LogP contribution in [0, 0.1) is 0 Å². The van der Waals surface area contributed by atoms with Gasteiger partial charge in [-0.05, 0) is 10.1 Å². The van der Waals surface area contributed by atoms with Crippen molar-refractivity contribution in [3.8, 4) is 0 Å². The molecule has 0 aromatic heterocycles. The van der Waals surface area contributed by atoms with Crippen LogP contribution in [0.15, 0.2) is 30.3 Å². The summed E-state index contributed by atoms with van der Waals surface area (Å²) in [4.78, 5) is 16.2. The zero-order valence-electron chi connectivity index (χ0n) is 13.4. The van der Waals surface area contributed by atoms with E-state index in [4.69, 9.17) is 4.84 Å². The van der Waals surface area contributed by atoms with Gasteiger partial charge in [0.1, 0.15) is 18.8 Å². The summed E-state index contributed by atoms with van der Waals surface area (Å²) in [6.45, 7) is -0.190. The lowest BCUT2D eigenvalue weighted by atomic mass is 10.1. The molecular formula is C15H23NO7P+. The van der Waals surface area contributed by atoms with Crippen molar-refractivity contribution in [1.29, 1.82) is 0 Å². The third-order valence-corrected chi connectivity index (χ3v) is 4.35. The summed E-state index contributed by atoms with van der Waals surface area (Å²) in [5.41, 5.74) is 0.836. The SMILES string of the molecule is CO[P+](=O)CC[C@@H](O)[C@@H](O)[C@@H](O)CN(C=O)OCc1ccccc1. The third-order valence-electron chi connectivity index (χ3n) is 3.32. The molecule has 0 spiro atoms. The molecule has 134 valence electrons. The highest BCUT2D eigenvalue weighted by Crippen LogP contribution is 2.22. The van der Waals surface area contributed by atoms with Gasteiger partial charge in [-0.1, -0.05) is 30.3 Å². The first-order valence-electron chi connectivity index (χ1n) is 7.39. The number of hydroxylamine groups is 2. The molecule has 8 nitrogen and oxygen atoms in total. The Morgan fingerprint density at radius 2 is 1.88 bits per heavy atom. The summed E-state index contributed by atoms with van der Waals surface area (Å²) in [5.74, 6) is 0. The third kappa shape index (κ3) is 7.44. The van der Waals surface area contributed by atoms with Gasteiger partial charge in [-0.15, -0.1) is 4.52 Å². The quantitative estimate of drug-likeness (QED) is 0.281. The van der Waals surface area contributed by atoms with Crippen LogP contribution >= 0.6 is 8.03 Å². The van der Waals surface area contributed by atoms with E-state index in [-0.39, 0.29) is 25.7 Å². The number of rotatable bonds is 12. The highest BCUT2D eigenvalue weighted by atomic mass is 31.1. The van der Waals surface area contributed by atoms with Gasteiger partial charge in [0.15, 0.2) is 6.16 Å². The zero-order valence-corrected chi connectivity index (χ0v) is 14.3. The van der Waals surface area contributed by atoms with Crippen molar-refractivity contribution >= 4 is 14.4 Å². The van der Waals surface area contributed by atoms with Crippen LogP contribution in [0.3, 0.4) is 0 Å². The van der Waals surface area contributed by atoms with Crippen molar-refractivity contribution in [3.63, 3.8) is 0 Å². The lowest BCUT2D eigenvalue weighted by Crippen LogP contribution is -2.44. The normalized spacial score (nSPS) is 15.4. The molecule has 1 aromatic rings. The van der Waals surface area contributed by atoms with E-state index >= 15 is 0 Å². The molecule has 0 aliphatic rings. The van der Waals surface area contributed by atoms with Gasteiger partial charge < -0.3 is 15.3 Å². The fourth-order valence-corrected chi connectivity index (χ4v) is 2.56. The summed E-state index contributed by atoms with van der Waals surface area (Å²) >= 11 is 0. The molecule has 24 heavy (non-hydrogen) atoms. The Bertz CT molecular complexity index is 502. The second-order valence-electron chi connectivity index (χ2n) is 5.12. The molecule has 1 aromatic carbocycles. The van der Waals surface area contributed by atoms with E-state index in [1.54, 1.807) is 0 Å². The Kier molecular flexibility index (Phi) is 9.63. The van der Waals surface area contributed by atoms with Crippen LogP contribution < -0.4 is 0 Å². The van der Waals surface area contributed by atoms with E-state index < -0.39 is 26.3 Å². The molecule has 0 saturated carbocycles. The number of benzene rings is 1. The molecule has 0 aliphatic heterocycles. The van der Waals surface area contributed by atoms with Gasteiger partial charge in [0.25, 0.3) is 0 Å². The van der Waals surface area contributed by atoms with E-state index in [1.807, 2.05) is 30.3 Å². The van der Waals surface area contributed by atoms with Gasteiger partial charge in [0, 0.05) is 6.42 Å². The number of aliphatic hydroxyl groups is 3.